The number of hydrogen-bond acceptors (Lipinski definition) is 5. The smallest absolute Gasteiger partial charge is 0.260 e. The predicted octanol–water partition coefficient (Wildman–Crippen LogP) is 5.19. The first-order valence-corrected chi connectivity index (χ1v) is 11.2. The van der Waals surface area contributed by atoms with Gasteiger partial charge in [-0.3, -0.25) is 14.6 Å². The van der Waals surface area contributed by atoms with Crippen molar-refractivity contribution >= 4 is 56.6 Å². The molecular weight excluding hydrogens is 460 g/mol. The summed E-state index contributed by atoms with van der Waals surface area (Å²) in [6, 6.07) is 9.56. The predicted molar refractivity (Wildman–Crippen MR) is 127 cm³/mol. The lowest BCUT2D eigenvalue weighted by atomic mass is 10.2. The lowest BCUT2D eigenvalue weighted by molar-refractivity contribution is 0.0376. The molecular formula is C22H24Cl2FN3O2S. The van der Waals surface area contributed by atoms with Crippen molar-refractivity contribution in [1.29, 1.82) is 0 Å². The molecule has 9 heteroatoms. The molecule has 166 valence electrons. The lowest BCUT2D eigenvalue weighted by Gasteiger charge is -2.27. The first-order chi connectivity index (χ1) is 14.5. The maximum absolute atomic E-state index is 13.7. The zero-order valence-corrected chi connectivity index (χ0v) is 19.5. The molecule has 4 rings (SSSR count). The highest BCUT2D eigenvalue weighted by molar-refractivity contribution is 7.22. The Morgan fingerprint density at radius 3 is 2.81 bits per heavy atom. The number of aromatic nitrogens is 1. The van der Waals surface area contributed by atoms with Crippen molar-refractivity contribution < 1.29 is 13.9 Å². The van der Waals surface area contributed by atoms with Crippen LogP contribution < -0.4 is 4.90 Å². The molecule has 0 saturated carbocycles. The zero-order chi connectivity index (χ0) is 21.1. The van der Waals surface area contributed by atoms with Crippen LogP contribution in [0.2, 0.25) is 5.02 Å². The third kappa shape index (κ3) is 5.54. The number of nitrogens with zero attached hydrogens (tertiary/aromatic N) is 3. The fraction of sp³-hybridized carbons (Fsp3) is 0.364. The fourth-order valence-corrected chi connectivity index (χ4v) is 4.74. The molecule has 0 spiro atoms. The van der Waals surface area contributed by atoms with Crippen molar-refractivity contribution in [1.82, 2.24) is 9.88 Å². The topological polar surface area (TPSA) is 45.7 Å². The van der Waals surface area contributed by atoms with Gasteiger partial charge in [0.1, 0.15) is 5.82 Å². The van der Waals surface area contributed by atoms with Gasteiger partial charge in [0.2, 0.25) is 0 Å². The quantitative estimate of drug-likeness (QED) is 0.483. The van der Waals surface area contributed by atoms with Gasteiger partial charge in [0.05, 0.1) is 23.4 Å². The van der Waals surface area contributed by atoms with Crippen LogP contribution in [-0.4, -0.2) is 55.2 Å². The van der Waals surface area contributed by atoms with E-state index in [9.17, 15) is 9.18 Å². The number of carbonyl (C=O) groups is 1. The molecule has 0 N–H and O–H groups in total. The van der Waals surface area contributed by atoms with Crippen LogP contribution in [0.4, 0.5) is 9.52 Å². The maximum Gasteiger partial charge on any atom is 0.260 e. The van der Waals surface area contributed by atoms with E-state index in [1.165, 1.54) is 23.5 Å². The molecule has 0 atom stereocenters. The van der Waals surface area contributed by atoms with Gasteiger partial charge < -0.3 is 4.74 Å². The van der Waals surface area contributed by atoms with Crippen molar-refractivity contribution in [3.8, 4) is 0 Å². The van der Waals surface area contributed by atoms with Crippen LogP contribution in [-0.2, 0) is 4.74 Å². The summed E-state index contributed by atoms with van der Waals surface area (Å²) in [4.78, 5) is 22.0. The second-order valence-electron chi connectivity index (χ2n) is 7.29. The first-order valence-electron chi connectivity index (χ1n) is 9.96. The van der Waals surface area contributed by atoms with Crippen LogP contribution in [0.25, 0.3) is 10.2 Å². The van der Waals surface area contributed by atoms with Crippen LogP contribution in [0, 0.1) is 12.7 Å². The number of thiazole rings is 1. The Bertz CT molecular complexity index is 1060. The van der Waals surface area contributed by atoms with Gasteiger partial charge in [0.25, 0.3) is 5.91 Å². The van der Waals surface area contributed by atoms with Crippen molar-refractivity contribution in [2.24, 2.45) is 0 Å². The Kier molecular flexibility index (Phi) is 8.24. The van der Waals surface area contributed by atoms with Crippen LogP contribution in [0.15, 0.2) is 36.4 Å². The summed E-state index contributed by atoms with van der Waals surface area (Å²) < 4.78 is 20.1. The molecule has 2 heterocycles. The van der Waals surface area contributed by atoms with E-state index >= 15 is 0 Å². The van der Waals surface area contributed by atoms with Gasteiger partial charge in [-0.05, 0) is 49.2 Å². The molecule has 0 bridgehead atoms. The number of anilines is 1. The molecule has 31 heavy (non-hydrogen) atoms. The SMILES string of the molecule is Cc1c(Cl)ccc2sc(N(CCCN3CCOCC3)C(=O)c3cccc(F)c3)nc12.Cl. The van der Waals surface area contributed by atoms with Gasteiger partial charge in [-0.2, -0.15) is 0 Å². The normalized spacial score (nSPS) is 14.4. The Hall–Kier alpha value is -1.77. The van der Waals surface area contributed by atoms with E-state index in [-0.39, 0.29) is 18.3 Å². The van der Waals surface area contributed by atoms with Crippen LogP contribution >= 0.6 is 35.3 Å². The monoisotopic (exact) mass is 483 g/mol. The van der Waals surface area contributed by atoms with Crippen molar-refractivity contribution in [2.45, 2.75) is 13.3 Å². The van der Waals surface area contributed by atoms with Gasteiger partial charge in [-0.1, -0.05) is 29.0 Å². The third-order valence-electron chi connectivity index (χ3n) is 5.24. The van der Waals surface area contributed by atoms with Crippen molar-refractivity contribution in [3.05, 3.63) is 58.4 Å². The van der Waals surface area contributed by atoms with E-state index in [0.717, 1.165) is 55.0 Å². The molecule has 1 saturated heterocycles. The Morgan fingerprint density at radius 2 is 2.06 bits per heavy atom. The molecule has 1 aliphatic rings. The van der Waals surface area contributed by atoms with Crippen LogP contribution in [0.5, 0.6) is 0 Å². The van der Waals surface area contributed by atoms with Crippen LogP contribution in [0.1, 0.15) is 22.3 Å². The first kappa shape index (κ1) is 23.9. The van der Waals surface area contributed by atoms with E-state index in [1.807, 2.05) is 19.1 Å². The van der Waals surface area contributed by atoms with E-state index in [0.29, 0.717) is 22.3 Å². The summed E-state index contributed by atoms with van der Waals surface area (Å²) in [6.45, 7) is 6.57. The highest BCUT2D eigenvalue weighted by Gasteiger charge is 2.23. The lowest BCUT2D eigenvalue weighted by Crippen LogP contribution is -2.39. The van der Waals surface area contributed by atoms with E-state index in [1.54, 1.807) is 17.0 Å². The van der Waals surface area contributed by atoms with Gasteiger partial charge in [0.15, 0.2) is 5.13 Å². The van der Waals surface area contributed by atoms with E-state index < -0.39 is 5.82 Å². The molecule has 0 unspecified atom stereocenters. The Balaban J connectivity index is 0.00000272. The molecule has 1 aromatic heterocycles. The summed E-state index contributed by atoms with van der Waals surface area (Å²) in [6.07, 6.45) is 0.788. The third-order valence-corrected chi connectivity index (χ3v) is 6.70. The fourth-order valence-electron chi connectivity index (χ4n) is 3.54. The summed E-state index contributed by atoms with van der Waals surface area (Å²) in [5, 5.41) is 1.25. The molecule has 0 radical (unpaired) electrons. The molecule has 1 aliphatic heterocycles. The highest BCUT2D eigenvalue weighted by atomic mass is 35.5. The Morgan fingerprint density at radius 1 is 1.29 bits per heavy atom. The number of aryl methyl sites for hydroxylation is 1. The number of amides is 1. The Labute approximate surface area is 196 Å². The molecule has 0 aliphatic carbocycles. The number of hydrogen-bond donors (Lipinski definition) is 0. The average Bonchev–Trinajstić information content (AvgIpc) is 3.19. The van der Waals surface area contributed by atoms with E-state index in [4.69, 9.17) is 21.3 Å². The summed E-state index contributed by atoms with van der Waals surface area (Å²) in [7, 11) is 0. The van der Waals surface area contributed by atoms with Gasteiger partial charge >= 0.3 is 0 Å². The van der Waals surface area contributed by atoms with Crippen molar-refractivity contribution in [2.75, 3.05) is 44.3 Å². The summed E-state index contributed by atoms with van der Waals surface area (Å²) >= 11 is 7.70. The molecule has 1 fully saturated rings. The molecule has 2 aromatic carbocycles. The highest BCUT2D eigenvalue weighted by Crippen LogP contribution is 2.34. The number of rotatable bonds is 6. The standard InChI is InChI=1S/C22H23ClFN3O2S.ClH/c1-15-18(23)6-7-19-20(15)25-22(30-19)27(9-3-8-26-10-12-29-13-11-26)21(28)16-4-2-5-17(24)14-16;/h2,4-7,14H,3,8-13H2,1H3;1H. The van der Waals surface area contributed by atoms with Gasteiger partial charge in [-0.15, -0.1) is 12.4 Å². The summed E-state index contributed by atoms with van der Waals surface area (Å²) in [5.74, 6) is -0.680. The van der Waals surface area contributed by atoms with Crippen LogP contribution in [0.3, 0.4) is 0 Å². The minimum absolute atomic E-state index is 0. The van der Waals surface area contributed by atoms with Crippen molar-refractivity contribution in [3.63, 3.8) is 0 Å². The van der Waals surface area contributed by atoms with Gasteiger partial charge in [0, 0.05) is 36.8 Å². The number of benzene rings is 2. The molecule has 3 aromatic rings. The van der Waals surface area contributed by atoms with E-state index in [2.05, 4.69) is 4.90 Å². The summed E-state index contributed by atoms with van der Waals surface area (Å²) in [5.41, 5.74) is 2.01. The minimum atomic E-state index is -0.430. The maximum atomic E-state index is 13.7. The molecule has 1 amide bonds. The number of halogens is 3. The molecule has 5 nitrogen and oxygen atoms in total. The number of morpholine rings is 1. The number of fused-ring (bicyclic) bond motifs is 1. The number of ether oxygens (including phenoxy) is 1. The minimum Gasteiger partial charge on any atom is -0.379 e. The second-order valence-corrected chi connectivity index (χ2v) is 8.71. The second kappa shape index (κ2) is 10.7. The zero-order valence-electron chi connectivity index (χ0n) is 17.1. The largest absolute Gasteiger partial charge is 0.379 e. The average molecular weight is 484 g/mol. The van der Waals surface area contributed by atoms with Gasteiger partial charge in [-0.25, -0.2) is 9.37 Å². The number of carbonyl (C=O) groups excluding carboxylic acids is 1.